The summed E-state index contributed by atoms with van der Waals surface area (Å²) < 4.78 is 0. The van der Waals surface area contributed by atoms with E-state index in [-0.39, 0.29) is 18.7 Å². The van der Waals surface area contributed by atoms with Gasteiger partial charge in [-0.15, -0.1) is 0 Å². The van der Waals surface area contributed by atoms with Gasteiger partial charge in [-0.25, -0.2) is 4.79 Å². The number of anilines is 1. The van der Waals surface area contributed by atoms with E-state index in [2.05, 4.69) is 10.6 Å². The molecule has 0 spiro atoms. The van der Waals surface area contributed by atoms with Crippen molar-refractivity contribution in [1.29, 1.82) is 5.26 Å². The Balaban J connectivity index is 2.59. The van der Waals surface area contributed by atoms with Crippen LogP contribution in [0.1, 0.15) is 18.9 Å². The van der Waals surface area contributed by atoms with Gasteiger partial charge in [-0.3, -0.25) is 0 Å². The van der Waals surface area contributed by atoms with Crippen molar-refractivity contribution in [3.05, 3.63) is 29.8 Å². The summed E-state index contributed by atoms with van der Waals surface area (Å²) in [5, 5.41) is 22.9. The third-order valence-electron chi connectivity index (χ3n) is 2.30. The van der Waals surface area contributed by atoms with Gasteiger partial charge in [0.25, 0.3) is 0 Å². The number of carbonyl (C=O) groups is 1. The Hall–Kier alpha value is -2.06. The quantitative estimate of drug-likeness (QED) is 0.735. The topological polar surface area (TPSA) is 85.2 Å². The molecule has 0 heterocycles. The minimum Gasteiger partial charge on any atom is -0.394 e. The number of nitrogens with one attached hydrogen (secondary N) is 2. The molecule has 0 aromatic heterocycles. The van der Waals surface area contributed by atoms with E-state index in [1.807, 2.05) is 13.0 Å². The van der Waals surface area contributed by atoms with Crippen molar-refractivity contribution in [2.24, 2.45) is 0 Å². The van der Waals surface area contributed by atoms with Gasteiger partial charge in [-0.1, -0.05) is 13.0 Å². The number of hydrogen-bond acceptors (Lipinski definition) is 3. The molecule has 1 aromatic rings. The van der Waals surface area contributed by atoms with E-state index in [1.165, 1.54) is 0 Å². The molecule has 1 aromatic carbocycles. The third-order valence-corrected chi connectivity index (χ3v) is 2.30. The fourth-order valence-corrected chi connectivity index (χ4v) is 1.30. The van der Waals surface area contributed by atoms with Crippen molar-refractivity contribution in [3.8, 4) is 6.07 Å². The molecule has 0 aliphatic heterocycles. The zero-order chi connectivity index (χ0) is 12.7. The molecular formula is C12H15N3O2. The second kappa shape index (κ2) is 6.51. The van der Waals surface area contributed by atoms with E-state index in [0.717, 1.165) is 0 Å². The number of rotatable bonds is 4. The number of benzene rings is 1. The van der Waals surface area contributed by atoms with Crippen molar-refractivity contribution >= 4 is 11.7 Å². The van der Waals surface area contributed by atoms with Crippen LogP contribution >= 0.6 is 0 Å². The van der Waals surface area contributed by atoms with Gasteiger partial charge >= 0.3 is 6.03 Å². The molecule has 0 radical (unpaired) electrons. The van der Waals surface area contributed by atoms with Gasteiger partial charge in [0.15, 0.2) is 0 Å². The second-order valence-corrected chi connectivity index (χ2v) is 3.58. The van der Waals surface area contributed by atoms with Crippen LogP contribution in [0, 0.1) is 11.3 Å². The highest BCUT2D eigenvalue weighted by atomic mass is 16.3. The van der Waals surface area contributed by atoms with Gasteiger partial charge in [-0.05, 0) is 24.6 Å². The van der Waals surface area contributed by atoms with E-state index in [9.17, 15) is 4.79 Å². The molecular weight excluding hydrogens is 218 g/mol. The average Bonchev–Trinajstić information content (AvgIpc) is 2.36. The van der Waals surface area contributed by atoms with Gasteiger partial charge in [0.05, 0.1) is 24.3 Å². The first kappa shape index (κ1) is 13.0. The fraction of sp³-hybridized carbons (Fsp3) is 0.333. The lowest BCUT2D eigenvalue weighted by molar-refractivity contribution is 0.222. The Labute approximate surface area is 100 Å². The Morgan fingerprint density at radius 1 is 1.59 bits per heavy atom. The van der Waals surface area contributed by atoms with Gasteiger partial charge < -0.3 is 15.7 Å². The highest BCUT2D eigenvalue weighted by Crippen LogP contribution is 2.09. The van der Waals surface area contributed by atoms with Crippen LogP contribution in [0.3, 0.4) is 0 Å². The maximum Gasteiger partial charge on any atom is 0.319 e. The van der Waals surface area contributed by atoms with E-state index in [0.29, 0.717) is 17.7 Å². The van der Waals surface area contributed by atoms with E-state index in [1.54, 1.807) is 24.3 Å². The number of urea groups is 1. The third kappa shape index (κ3) is 4.13. The summed E-state index contributed by atoms with van der Waals surface area (Å²) in [6.45, 7) is 1.78. The first-order chi connectivity index (χ1) is 8.19. The molecule has 17 heavy (non-hydrogen) atoms. The zero-order valence-corrected chi connectivity index (χ0v) is 9.60. The van der Waals surface area contributed by atoms with Gasteiger partial charge in [-0.2, -0.15) is 5.26 Å². The zero-order valence-electron chi connectivity index (χ0n) is 9.60. The normalized spacial score (nSPS) is 11.4. The summed E-state index contributed by atoms with van der Waals surface area (Å²) >= 11 is 0. The van der Waals surface area contributed by atoms with E-state index < -0.39 is 0 Å². The van der Waals surface area contributed by atoms with Gasteiger partial charge in [0.1, 0.15) is 0 Å². The molecule has 1 rings (SSSR count). The van der Waals surface area contributed by atoms with Gasteiger partial charge in [0.2, 0.25) is 0 Å². The Morgan fingerprint density at radius 3 is 2.94 bits per heavy atom. The second-order valence-electron chi connectivity index (χ2n) is 3.58. The van der Waals surface area contributed by atoms with Crippen LogP contribution in [0.15, 0.2) is 24.3 Å². The maximum atomic E-state index is 11.5. The highest BCUT2D eigenvalue weighted by molar-refractivity contribution is 5.89. The van der Waals surface area contributed by atoms with Gasteiger partial charge in [0, 0.05) is 5.69 Å². The lowest BCUT2D eigenvalue weighted by Gasteiger charge is -2.14. The molecule has 1 atom stereocenters. The predicted molar refractivity (Wildman–Crippen MR) is 64.5 cm³/mol. The number of nitriles is 1. The summed E-state index contributed by atoms with van der Waals surface area (Å²) in [6.07, 6.45) is 0.655. The SMILES string of the molecule is CC[C@@H](CO)NC(=O)Nc1cccc(C#N)c1. The molecule has 5 heteroatoms. The Kier molecular flexibility index (Phi) is 4.98. The number of amides is 2. The van der Waals surface area contributed by atoms with Crippen molar-refractivity contribution < 1.29 is 9.90 Å². The molecule has 3 N–H and O–H groups in total. The van der Waals surface area contributed by atoms with Crippen molar-refractivity contribution in [1.82, 2.24) is 5.32 Å². The van der Waals surface area contributed by atoms with Crippen LogP contribution in [-0.2, 0) is 0 Å². The summed E-state index contributed by atoms with van der Waals surface area (Å²) in [7, 11) is 0. The van der Waals surface area contributed by atoms with Crippen LogP contribution < -0.4 is 10.6 Å². The van der Waals surface area contributed by atoms with E-state index in [4.69, 9.17) is 10.4 Å². The number of hydrogen-bond donors (Lipinski definition) is 3. The Morgan fingerprint density at radius 2 is 2.35 bits per heavy atom. The lowest BCUT2D eigenvalue weighted by atomic mass is 10.2. The number of aliphatic hydroxyl groups excluding tert-OH is 1. The number of carbonyl (C=O) groups excluding carboxylic acids is 1. The van der Waals surface area contributed by atoms with Crippen molar-refractivity contribution in [2.75, 3.05) is 11.9 Å². The minimum atomic E-state index is -0.388. The van der Waals surface area contributed by atoms with Crippen LogP contribution in [-0.4, -0.2) is 23.8 Å². The first-order valence-corrected chi connectivity index (χ1v) is 5.38. The van der Waals surface area contributed by atoms with E-state index >= 15 is 0 Å². The van der Waals surface area contributed by atoms with Crippen molar-refractivity contribution in [2.45, 2.75) is 19.4 Å². The molecule has 5 nitrogen and oxygen atoms in total. The molecule has 0 fully saturated rings. The molecule has 0 aliphatic rings. The lowest BCUT2D eigenvalue weighted by Crippen LogP contribution is -2.39. The van der Waals surface area contributed by atoms with Crippen LogP contribution in [0.5, 0.6) is 0 Å². The number of aliphatic hydroxyl groups is 1. The summed E-state index contributed by atoms with van der Waals surface area (Å²) in [6, 6.07) is 7.98. The molecule has 0 aliphatic carbocycles. The molecule has 0 saturated heterocycles. The van der Waals surface area contributed by atoms with Crippen LogP contribution in [0.4, 0.5) is 10.5 Å². The molecule has 0 unspecified atom stereocenters. The van der Waals surface area contributed by atoms with Crippen molar-refractivity contribution in [3.63, 3.8) is 0 Å². The fourth-order valence-electron chi connectivity index (χ4n) is 1.30. The predicted octanol–water partition coefficient (Wildman–Crippen LogP) is 1.45. The first-order valence-electron chi connectivity index (χ1n) is 5.38. The average molecular weight is 233 g/mol. The summed E-state index contributed by atoms with van der Waals surface area (Å²) in [4.78, 5) is 11.5. The van der Waals surface area contributed by atoms with Crippen LogP contribution in [0.25, 0.3) is 0 Å². The monoisotopic (exact) mass is 233 g/mol. The standard InChI is InChI=1S/C12H15N3O2/c1-2-10(8-16)14-12(17)15-11-5-3-4-9(6-11)7-13/h3-6,10,16H,2,8H2,1H3,(H2,14,15,17)/t10-/m0/s1. The van der Waals surface area contributed by atoms with Crippen LogP contribution in [0.2, 0.25) is 0 Å². The Bertz CT molecular complexity index is 422. The largest absolute Gasteiger partial charge is 0.394 e. The summed E-state index contributed by atoms with van der Waals surface area (Å²) in [5.74, 6) is 0. The highest BCUT2D eigenvalue weighted by Gasteiger charge is 2.08. The number of nitrogens with zero attached hydrogens (tertiary/aromatic N) is 1. The molecule has 0 saturated carbocycles. The smallest absolute Gasteiger partial charge is 0.319 e. The maximum absolute atomic E-state index is 11.5. The summed E-state index contributed by atoms with van der Waals surface area (Å²) in [5.41, 5.74) is 1.03. The molecule has 90 valence electrons. The molecule has 2 amide bonds. The molecule has 0 bridgehead atoms. The minimum absolute atomic E-state index is 0.0951.